The van der Waals surface area contributed by atoms with Crippen LogP contribution in [0.4, 0.5) is 36.4 Å². The van der Waals surface area contributed by atoms with Gasteiger partial charge in [0.05, 0.1) is 5.71 Å². The van der Waals surface area contributed by atoms with E-state index in [-0.39, 0.29) is 41.6 Å². The molecule has 2 aliphatic rings. The fourth-order valence-corrected chi connectivity index (χ4v) is 3.67. The third-order valence-corrected chi connectivity index (χ3v) is 5.49. The van der Waals surface area contributed by atoms with Crippen molar-refractivity contribution in [1.29, 1.82) is 0 Å². The molecular weight excluding hydrogens is 507 g/mol. The molecular formula is C21H16F7N3O5. The summed E-state index contributed by atoms with van der Waals surface area (Å²) in [6, 6.07) is 4.63. The maximum absolute atomic E-state index is 13.6. The first kappa shape index (κ1) is 25.3. The van der Waals surface area contributed by atoms with Crippen molar-refractivity contribution in [2.75, 3.05) is 12.1 Å². The van der Waals surface area contributed by atoms with Crippen LogP contribution in [0.3, 0.4) is 0 Å². The van der Waals surface area contributed by atoms with Crippen molar-refractivity contribution in [3.8, 4) is 11.5 Å². The van der Waals surface area contributed by atoms with Gasteiger partial charge in [0.1, 0.15) is 5.76 Å². The van der Waals surface area contributed by atoms with Crippen molar-refractivity contribution in [3.63, 3.8) is 0 Å². The largest absolute Gasteiger partial charge is 0.460 e. The number of alkyl halides is 7. The highest BCUT2D eigenvalue weighted by Crippen LogP contribution is 2.46. The molecule has 0 atom stereocenters. The van der Waals surface area contributed by atoms with Gasteiger partial charge in [-0.25, -0.2) is 5.43 Å². The number of carbonyl (C=O) groups is 2. The van der Waals surface area contributed by atoms with Crippen LogP contribution < -0.4 is 20.2 Å². The second-order valence-corrected chi connectivity index (χ2v) is 7.88. The van der Waals surface area contributed by atoms with E-state index in [1.807, 2.05) is 0 Å². The van der Waals surface area contributed by atoms with Gasteiger partial charge < -0.3 is 19.2 Å². The number of halogens is 7. The minimum atomic E-state index is -6.67. The van der Waals surface area contributed by atoms with Gasteiger partial charge in [-0.2, -0.15) is 35.8 Å². The first-order valence-electron chi connectivity index (χ1n) is 10.3. The lowest BCUT2D eigenvalue weighted by molar-refractivity contribution is -0.344. The number of aryl methyl sites for hydroxylation is 1. The summed E-state index contributed by atoms with van der Waals surface area (Å²) in [5.74, 6) is -15.4. The van der Waals surface area contributed by atoms with Gasteiger partial charge in [-0.05, 0) is 31.9 Å². The van der Waals surface area contributed by atoms with Crippen LogP contribution in [0.2, 0.25) is 0 Å². The van der Waals surface area contributed by atoms with Crippen LogP contribution in [0.5, 0.6) is 11.5 Å². The number of benzene rings is 1. The Labute approximate surface area is 197 Å². The quantitative estimate of drug-likeness (QED) is 0.442. The predicted octanol–water partition coefficient (Wildman–Crippen LogP) is 4.56. The fourth-order valence-electron chi connectivity index (χ4n) is 3.67. The van der Waals surface area contributed by atoms with Crippen molar-refractivity contribution in [1.82, 2.24) is 5.43 Å². The number of hydrazone groups is 1. The maximum atomic E-state index is 13.6. The molecule has 194 valence electrons. The van der Waals surface area contributed by atoms with E-state index in [2.05, 4.69) is 10.4 Å². The van der Waals surface area contributed by atoms with Gasteiger partial charge in [0.2, 0.25) is 6.79 Å². The molecule has 0 saturated heterocycles. The van der Waals surface area contributed by atoms with Gasteiger partial charge in [-0.1, -0.05) is 0 Å². The molecule has 0 spiro atoms. The highest BCUT2D eigenvalue weighted by molar-refractivity contribution is 6.09. The molecule has 4 rings (SSSR count). The summed E-state index contributed by atoms with van der Waals surface area (Å²) >= 11 is 0. The summed E-state index contributed by atoms with van der Waals surface area (Å²) in [7, 11) is 0. The lowest BCUT2D eigenvalue weighted by Gasteiger charge is -2.26. The molecule has 2 N–H and O–H groups in total. The molecule has 15 heteroatoms. The summed E-state index contributed by atoms with van der Waals surface area (Å²) in [5, 5.41) is 5.94. The van der Waals surface area contributed by atoms with Gasteiger partial charge in [0.15, 0.2) is 17.3 Å². The molecule has 0 radical (unpaired) electrons. The molecule has 1 aromatic heterocycles. The van der Waals surface area contributed by atoms with Crippen LogP contribution in [0.25, 0.3) is 0 Å². The van der Waals surface area contributed by atoms with E-state index < -0.39 is 29.8 Å². The number of nitrogens with zero attached hydrogens (tertiary/aromatic N) is 1. The van der Waals surface area contributed by atoms with Gasteiger partial charge in [0, 0.05) is 29.3 Å². The number of nitrogens with one attached hydrogen (secondary N) is 2. The SMILES string of the molecule is Cc1c(C(=O)Nc2ccc3c(c2)OCO3)oc2c1/C(=N/NC(=O)C(F)(F)C(F)(F)C(F)(F)F)CCC2. The van der Waals surface area contributed by atoms with Crippen LogP contribution in [0.15, 0.2) is 27.7 Å². The second kappa shape index (κ2) is 8.71. The summed E-state index contributed by atoms with van der Waals surface area (Å²) in [6.07, 6.45) is -6.02. The Morgan fingerprint density at radius 1 is 1.00 bits per heavy atom. The number of rotatable bonds is 5. The molecule has 0 bridgehead atoms. The topological polar surface area (TPSA) is 102 Å². The lowest BCUT2D eigenvalue weighted by atomic mass is 9.93. The van der Waals surface area contributed by atoms with Crippen LogP contribution >= 0.6 is 0 Å². The first-order chi connectivity index (χ1) is 16.7. The van der Waals surface area contributed by atoms with E-state index in [0.717, 1.165) is 5.43 Å². The van der Waals surface area contributed by atoms with Crippen molar-refractivity contribution in [2.45, 2.75) is 44.2 Å². The number of furan rings is 1. The van der Waals surface area contributed by atoms with Crippen LogP contribution in [-0.4, -0.2) is 42.3 Å². The summed E-state index contributed by atoms with van der Waals surface area (Å²) in [6.45, 7) is 1.46. The standard InChI is InChI=1S/C21H16F7N3O5/c1-9-15-11(30-31-18(33)19(22,23)20(24,25)21(26,27)28)3-2-4-13(15)36-16(9)17(32)29-10-5-6-12-14(7-10)35-8-34-12/h5-7H,2-4,8H2,1H3,(H,29,32)(H,31,33)/b30-11+. The van der Waals surface area contributed by atoms with Gasteiger partial charge >= 0.3 is 23.9 Å². The molecule has 1 aliphatic heterocycles. The lowest BCUT2D eigenvalue weighted by Crippen LogP contribution is -2.58. The average molecular weight is 523 g/mol. The Kier molecular flexibility index (Phi) is 6.12. The minimum absolute atomic E-state index is 0.0230. The Bertz CT molecular complexity index is 1250. The van der Waals surface area contributed by atoms with Crippen molar-refractivity contribution >= 4 is 23.2 Å². The third-order valence-electron chi connectivity index (χ3n) is 5.49. The second-order valence-electron chi connectivity index (χ2n) is 7.88. The Balaban J connectivity index is 1.55. The predicted molar refractivity (Wildman–Crippen MR) is 108 cm³/mol. The number of carbonyl (C=O) groups excluding carboxylic acids is 2. The maximum Gasteiger partial charge on any atom is 0.460 e. The fraction of sp³-hybridized carbons (Fsp3) is 0.381. The summed E-state index contributed by atoms with van der Waals surface area (Å²) in [4.78, 5) is 24.3. The van der Waals surface area contributed by atoms with E-state index >= 15 is 0 Å². The van der Waals surface area contributed by atoms with Crippen molar-refractivity contribution in [2.24, 2.45) is 5.10 Å². The molecule has 0 fully saturated rings. The Hall–Kier alpha value is -3.78. The molecule has 2 aromatic rings. The Morgan fingerprint density at radius 2 is 1.69 bits per heavy atom. The van der Waals surface area contributed by atoms with Crippen LogP contribution in [0, 0.1) is 6.92 Å². The number of hydrogen-bond donors (Lipinski definition) is 2. The van der Waals surface area contributed by atoms with Crippen molar-refractivity contribution in [3.05, 3.63) is 40.8 Å². The van der Waals surface area contributed by atoms with E-state index in [1.54, 1.807) is 12.1 Å². The van der Waals surface area contributed by atoms with Gasteiger partial charge in [0.25, 0.3) is 5.91 Å². The molecule has 1 aliphatic carbocycles. The molecule has 36 heavy (non-hydrogen) atoms. The van der Waals surface area contributed by atoms with Crippen molar-refractivity contribution < 1.29 is 54.2 Å². The number of ether oxygens (including phenoxy) is 2. The zero-order chi connectivity index (χ0) is 26.5. The highest BCUT2D eigenvalue weighted by atomic mass is 19.4. The smallest absolute Gasteiger partial charge is 0.455 e. The molecule has 0 saturated carbocycles. The normalized spacial score (nSPS) is 16.6. The molecule has 2 amide bonds. The monoisotopic (exact) mass is 523 g/mol. The van der Waals surface area contributed by atoms with E-state index in [0.29, 0.717) is 30.0 Å². The number of amides is 2. The van der Waals surface area contributed by atoms with Crippen LogP contribution in [0.1, 0.15) is 40.3 Å². The Morgan fingerprint density at radius 3 is 2.39 bits per heavy atom. The molecule has 2 heterocycles. The number of hydrogen-bond acceptors (Lipinski definition) is 6. The summed E-state index contributed by atoms with van der Waals surface area (Å²) < 4.78 is 106. The van der Waals surface area contributed by atoms with E-state index in [9.17, 15) is 40.3 Å². The number of anilines is 1. The molecule has 1 aromatic carbocycles. The van der Waals surface area contributed by atoms with Gasteiger partial charge in [-0.3, -0.25) is 9.59 Å². The molecule has 0 unspecified atom stereocenters. The average Bonchev–Trinajstić information content (AvgIpc) is 3.40. The number of fused-ring (bicyclic) bond motifs is 2. The summed E-state index contributed by atoms with van der Waals surface area (Å²) in [5.41, 5.74) is 1.66. The van der Waals surface area contributed by atoms with E-state index in [1.165, 1.54) is 13.0 Å². The van der Waals surface area contributed by atoms with E-state index in [4.69, 9.17) is 13.9 Å². The molecule has 8 nitrogen and oxygen atoms in total. The first-order valence-corrected chi connectivity index (χ1v) is 10.3. The third kappa shape index (κ3) is 4.22. The van der Waals surface area contributed by atoms with Gasteiger partial charge in [-0.15, -0.1) is 0 Å². The minimum Gasteiger partial charge on any atom is -0.455 e. The zero-order valence-corrected chi connectivity index (χ0v) is 18.2. The van der Waals surface area contributed by atoms with Crippen LogP contribution in [-0.2, 0) is 11.2 Å². The highest BCUT2D eigenvalue weighted by Gasteiger charge is 2.76. The zero-order valence-electron chi connectivity index (χ0n) is 18.2.